The lowest BCUT2D eigenvalue weighted by atomic mass is 9.98. The molecule has 2 aromatic rings. The van der Waals surface area contributed by atoms with Crippen LogP contribution in [0.1, 0.15) is 49.7 Å². The van der Waals surface area contributed by atoms with Gasteiger partial charge in [-0.15, -0.1) is 0 Å². The minimum atomic E-state index is -3.25. The molecule has 7 nitrogen and oxygen atoms in total. The maximum Gasteiger partial charge on any atom is 0.407 e. The Labute approximate surface area is 202 Å². The molecule has 2 aliphatic rings. The lowest BCUT2D eigenvalue weighted by molar-refractivity contribution is -0.148. The number of amides is 2. The number of rotatable bonds is 8. The van der Waals surface area contributed by atoms with Crippen molar-refractivity contribution in [1.82, 2.24) is 10.2 Å². The van der Waals surface area contributed by atoms with E-state index in [0.29, 0.717) is 17.7 Å². The normalized spacial score (nSPS) is 19.1. The van der Waals surface area contributed by atoms with Gasteiger partial charge in [-0.2, -0.15) is 0 Å². The molecule has 1 saturated heterocycles. The van der Waals surface area contributed by atoms with E-state index in [1.54, 1.807) is 0 Å². The van der Waals surface area contributed by atoms with Crippen molar-refractivity contribution in [2.75, 3.05) is 13.2 Å². The van der Waals surface area contributed by atoms with Crippen molar-refractivity contribution in [2.45, 2.75) is 56.5 Å². The lowest BCUT2D eigenvalue weighted by Crippen LogP contribution is -2.45. The molecule has 2 N–H and O–H groups in total. The number of likely N-dealkylation sites (tertiary alicyclic amines) is 1. The Morgan fingerprint density at radius 1 is 1.11 bits per heavy atom. The highest BCUT2D eigenvalue weighted by Gasteiger charge is 2.50. The van der Waals surface area contributed by atoms with Crippen molar-refractivity contribution in [1.29, 1.82) is 0 Å². The van der Waals surface area contributed by atoms with Crippen LogP contribution in [-0.2, 0) is 14.3 Å². The van der Waals surface area contributed by atoms with Crippen molar-refractivity contribution < 1.29 is 33.0 Å². The molecule has 4 rings (SSSR count). The van der Waals surface area contributed by atoms with Gasteiger partial charge in [-0.05, 0) is 28.7 Å². The molecule has 35 heavy (non-hydrogen) atoms. The molecule has 0 spiro atoms. The second-order valence-electron chi connectivity index (χ2n) is 9.10. The summed E-state index contributed by atoms with van der Waals surface area (Å²) in [5, 5.41) is 11.9. The number of carbonyl (C=O) groups excluding carboxylic acids is 2. The van der Waals surface area contributed by atoms with Gasteiger partial charge in [-0.1, -0.05) is 61.9 Å². The predicted octanol–water partition coefficient (Wildman–Crippen LogP) is 4.40. The smallest absolute Gasteiger partial charge is 0.407 e. The SMILES string of the molecule is CCC[C@H](CC(=O)N1CC(F)(F)CC1C(=O)O)NC(=O)OCC1c2ccccc2-c2ccccc21. The first-order valence-electron chi connectivity index (χ1n) is 11.7. The molecule has 1 aliphatic heterocycles. The highest BCUT2D eigenvalue weighted by molar-refractivity contribution is 5.85. The number of ether oxygens (including phenoxy) is 1. The van der Waals surface area contributed by atoms with Gasteiger partial charge in [-0.3, -0.25) is 4.79 Å². The van der Waals surface area contributed by atoms with E-state index >= 15 is 0 Å². The molecular weight excluding hydrogens is 458 g/mol. The summed E-state index contributed by atoms with van der Waals surface area (Å²) < 4.78 is 33.1. The van der Waals surface area contributed by atoms with Crippen LogP contribution in [0.5, 0.6) is 0 Å². The van der Waals surface area contributed by atoms with E-state index in [0.717, 1.165) is 22.3 Å². The molecule has 2 atom stereocenters. The van der Waals surface area contributed by atoms with Crippen LogP contribution in [0.25, 0.3) is 11.1 Å². The Balaban J connectivity index is 1.38. The number of aliphatic carboxylic acids is 1. The Morgan fingerprint density at radius 2 is 1.71 bits per heavy atom. The van der Waals surface area contributed by atoms with Gasteiger partial charge >= 0.3 is 12.1 Å². The quantitative estimate of drug-likeness (QED) is 0.577. The molecule has 2 aromatic carbocycles. The minimum Gasteiger partial charge on any atom is -0.480 e. The summed E-state index contributed by atoms with van der Waals surface area (Å²) in [6.07, 6.45) is -0.859. The minimum absolute atomic E-state index is 0.103. The number of carbonyl (C=O) groups is 3. The van der Waals surface area contributed by atoms with E-state index in [-0.39, 0.29) is 18.9 Å². The highest BCUT2D eigenvalue weighted by Crippen LogP contribution is 2.44. The van der Waals surface area contributed by atoms with Gasteiger partial charge in [0.25, 0.3) is 5.92 Å². The molecule has 0 saturated carbocycles. The van der Waals surface area contributed by atoms with Crippen molar-refractivity contribution in [3.63, 3.8) is 0 Å². The number of halogens is 2. The number of hydrogen-bond donors (Lipinski definition) is 2. The number of alkyl halides is 2. The van der Waals surface area contributed by atoms with Crippen LogP contribution < -0.4 is 5.32 Å². The number of benzene rings is 2. The van der Waals surface area contributed by atoms with Crippen LogP contribution in [0.15, 0.2) is 48.5 Å². The number of fused-ring (bicyclic) bond motifs is 3. The largest absolute Gasteiger partial charge is 0.480 e. The first-order valence-corrected chi connectivity index (χ1v) is 11.7. The molecular formula is C26H28F2N2O5. The number of carboxylic acids is 1. The maximum atomic E-state index is 13.8. The van der Waals surface area contributed by atoms with Crippen LogP contribution in [-0.4, -0.2) is 59.1 Å². The lowest BCUT2D eigenvalue weighted by Gasteiger charge is -2.24. The Morgan fingerprint density at radius 3 is 2.29 bits per heavy atom. The second-order valence-corrected chi connectivity index (χ2v) is 9.10. The van der Waals surface area contributed by atoms with Crippen LogP contribution in [0.3, 0.4) is 0 Å². The maximum absolute atomic E-state index is 13.8. The monoisotopic (exact) mass is 486 g/mol. The summed E-state index contributed by atoms with van der Waals surface area (Å²) in [6.45, 7) is 1.03. The third kappa shape index (κ3) is 5.28. The second kappa shape index (κ2) is 10.0. The summed E-state index contributed by atoms with van der Waals surface area (Å²) in [4.78, 5) is 37.4. The summed E-state index contributed by atoms with van der Waals surface area (Å²) in [7, 11) is 0. The van der Waals surface area contributed by atoms with Crippen LogP contribution >= 0.6 is 0 Å². The van der Waals surface area contributed by atoms with Gasteiger partial charge in [-0.25, -0.2) is 18.4 Å². The Bertz CT molecular complexity index is 1080. The Kier molecular flexibility index (Phi) is 7.05. The first-order chi connectivity index (χ1) is 16.7. The fraction of sp³-hybridized carbons (Fsp3) is 0.423. The molecule has 2 amide bonds. The standard InChI is InChI=1S/C26H28F2N2O5/c1-2-7-16(12-23(31)30-15-26(27,28)13-22(30)24(32)33)29-25(34)35-14-21-19-10-5-3-8-17(19)18-9-4-6-11-20(18)21/h3-6,8-11,16,21-22H,2,7,12-15H2,1H3,(H,29,34)(H,32,33)/t16-,22?/m1/s1. The van der Waals surface area contributed by atoms with E-state index in [1.165, 1.54) is 0 Å². The van der Waals surface area contributed by atoms with Crippen molar-refractivity contribution in [3.05, 3.63) is 59.7 Å². The summed E-state index contributed by atoms with van der Waals surface area (Å²) in [5.41, 5.74) is 4.33. The van der Waals surface area contributed by atoms with Gasteiger partial charge in [0.1, 0.15) is 12.6 Å². The molecule has 186 valence electrons. The zero-order chi connectivity index (χ0) is 25.2. The molecule has 1 heterocycles. The summed E-state index contributed by atoms with van der Waals surface area (Å²) in [6, 6.07) is 13.6. The third-order valence-corrected chi connectivity index (χ3v) is 6.60. The van der Waals surface area contributed by atoms with Gasteiger partial charge < -0.3 is 20.1 Å². The number of nitrogens with zero attached hydrogens (tertiary/aromatic N) is 1. The van der Waals surface area contributed by atoms with Crippen LogP contribution in [0.2, 0.25) is 0 Å². The average molecular weight is 487 g/mol. The van der Waals surface area contributed by atoms with Crippen molar-refractivity contribution in [2.24, 2.45) is 0 Å². The highest BCUT2D eigenvalue weighted by atomic mass is 19.3. The van der Waals surface area contributed by atoms with Gasteiger partial charge in [0.2, 0.25) is 5.91 Å². The van der Waals surface area contributed by atoms with Crippen molar-refractivity contribution >= 4 is 18.0 Å². The number of nitrogens with one attached hydrogen (secondary N) is 1. The first kappa shape index (κ1) is 24.6. The van der Waals surface area contributed by atoms with Crippen LogP contribution in [0, 0.1) is 0 Å². The summed E-state index contributed by atoms with van der Waals surface area (Å²) >= 11 is 0. The fourth-order valence-electron chi connectivity index (χ4n) is 5.01. The van der Waals surface area contributed by atoms with E-state index in [9.17, 15) is 28.3 Å². The molecule has 0 bridgehead atoms. The van der Waals surface area contributed by atoms with E-state index < -0.39 is 48.9 Å². The molecule has 1 aliphatic carbocycles. The number of hydrogen-bond acceptors (Lipinski definition) is 4. The van der Waals surface area contributed by atoms with Gasteiger partial charge in [0, 0.05) is 24.8 Å². The fourth-order valence-corrected chi connectivity index (χ4v) is 5.01. The number of carboxylic acid groups (broad SMARTS) is 1. The molecule has 9 heteroatoms. The number of alkyl carbamates (subject to hydrolysis) is 1. The third-order valence-electron chi connectivity index (χ3n) is 6.60. The van der Waals surface area contributed by atoms with Gasteiger partial charge in [0.15, 0.2) is 0 Å². The zero-order valence-electron chi connectivity index (χ0n) is 19.4. The topological polar surface area (TPSA) is 95.9 Å². The van der Waals surface area contributed by atoms with Crippen LogP contribution in [0.4, 0.5) is 13.6 Å². The zero-order valence-corrected chi connectivity index (χ0v) is 19.4. The Hall–Kier alpha value is -3.49. The van der Waals surface area contributed by atoms with E-state index in [4.69, 9.17) is 4.74 Å². The predicted molar refractivity (Wildman–Crippen MR) is 124 cm³/mol. The molecule has 0 aromatic heterocycles. The molecule has 0 radical (unpaired) electrons. The average Bonchev–Trinajstić information content (AvgIpc) is 3.32. The van der Waals surface area contributed by atoms with Crippen molar-refractivity contribution in [3.8, 4) is 11.1 Å². The molecule has 1 fully saturated rings. The van der Waals surface area contributed by atoms with E-state index in [2.05, 4.69) is 5.32 Å². The summed E-state index contributed by atoms with van der Waals surface area (Å²) in [5.74, 6) is -5.57. The van der Waals surface area contributed by atoms with Gasteiger partial charge in [0.05, 0.1) is 6.54 Å². The molecule has 1 unspecified atom stereocenters. The van der Waals surface area contributed by atoms with E-state index in [1.807, 2.05) is 55.5 Å².